The largest absolute Gasteiger partial charge is 0.492 e. The summed E-state index contributed by atoms with van der Waals surface area (Å²) in [6, 6.07) is 1.85. The molecule has 1 aliphatic heterocycles. The van der Waals surface area contributed by atoms with Crippen molar-refractivity contribution in [2.45, 2.75) is 72.2 Å². The summed E-state index contributed by atoms with van der Waals surface area (Å²) in [5.74, 6) is 0. The lowest BCUT2D eigenvalue weighted by Gasteiger charge is -2.32. The van der Waals surface area contributed by atoms with Gasteiger partial charge in [0.25, 0.3) is 0 Å². The van der Waals surface area contributed by atoms with E-state index in [1.165, 1.54) is 0 Å². The van der Waals surface area contributed by atoms with Crippen molar-refractivity contribution in [1.29, 1.82) is 0 Å². The summed E-state index contributed by atoms with van der Waals surface area (Å²) in [6.07, 6.45) is 2.97. The van der Waals surface area contributed by atoms with Crippen molar-refractivity contribution in [3.63, 3.8) is 0 Å². The van der Waals surface area contributed by atoms with Gasteiger partial charge < -0.3 is 25.1 Å². The molecule has 0 atom stereocenters. The summed E-state index contributed by atoms with van der Waals surface area (Å²) in [4.78, 5) is 16.5. The molecule has 0 aromatic carbocycles. The molecule has 0 unspecified atom stereocenters. The first-order valence-electron chi connectivity index (χ1n) is 9.45. The summed E-state index contributed by atoms with van der Waals surface area (Å²) in [7, 11) is -0.612. The third kappa shape index (κ3) is 5.48. The second-order valence-corrected chi connectivity index (χ2v) is 9.13. The third-order valence-corrected chi connectivity index (χ3v) is 4.85. The van der Waals surface area contributed by atoms with Crippen LogP contribution in [0, 0.1) is 6.92 Å². The van der Waals surface area contributed by atoms with Crippen molar-refractivity contribution >= 4 is 25.0 Å². The highest BCUT2D eigenvalue weighted by molar-refractivity contribution is 6.56. The van der Waals surface area contributed by atoms with Crippen LogP contribution < -0.4 is 11.1 Å². The van der Waals surface area contributed by atoms with Crippen molar-refractivity contribution in [3.8, 4) is 0 Å². The first-order valence-corrected chi connectivity index (χ1v) is 9.45. The summed E-state index contributed by atoms with van der Waals surface area (Å²) < 4.78 is 17.7. The topological polar surface area (TPSA) is 95.7 Å². The molecule has 2 rings (SSSR count). The van der Waals surface area contributed by atoms with Crippen molar-refractivity contribution in [3.05, 3.63) is 29.0 Å². The van der Waals surface area contributed by atoms with Crippen LogP contribution in [0.15, 0.2) is 17.7 Å². The fourth-order valence-electron chi connectivity index (χ4n) is 2.62. The van der Waals surface area contributed by atoms with E-state index in [1.807, 2.05) is 67.5 Å². The Morgan fingerprint density at radius 1 is 1.29 bits per heavy atom. The molecular formula is C20H32BN3O4. The van der Waals surface area contributed by atoms with Gasteiger partial charge in [-0.25, -0.2) is 4.79 Å². The smallest absolute Gasteiger partial charge is 0.444 e. The van der Waals surface area contributed by atoms with Crippen LogP contribution in [0.4, 0.5) is 10.5 Å². The Hall–Kier alpha value is -2.06. The molecule has 1 aromatic rings. The average molecular weight is 389 g/mol. The number of carbonyl (C=O) groups excluding carboxylic acids is 1. The molecule has 3 N–H and O–H groups in total. The van der Waals surface area contributed by atoms with Gasteiger partial charge in [0.15, 0.2) is 0 Å². The molecule has 0 radical (unpaired) electrons. The van der Waals surface area contributed by atoms with Gasteiger partial charge in [0.05, 0.1) is 28.8 Å². The number of carbonyl (C=O) groups is 1. The number of hydrogen-bond acceptors (Lipinski definition) is 6. The van der Waals surface area contributed by atoms with Gasteiger partial charge in [-0.05, 0) is 78.6 Å². The standard InChI is InChI=1S/C20H32BN3O4/c1-13-9-15(22)12-23-16(13)10-14(11-24-17(25)26-18(2,3)4)21-27-19(5,6)20(7,8)28-21/h9-10,12H,11,22H2,1-8H3,(H,24,25). The zero-order valence-electron chi connectivity index (χ0n) is 18.2. The maximum atomic E-state index is 12.1. The summed E-state index contributed by atoms with van der Waals surface area (Å²) in [5.41, 5.74) is 7.24. The predicted molar refractivity (Wildman–Crippen MR) is 112 cm³/mol. The average Bonchev–Trinajstić information content (AvgIpc) is 2.71. The monoisotopic (exact) mass is 389 g/mol. The number of aryl methyl sites for hydroxylation is 1. The fraction of sp³-hybridized carbons (Fsp3) is 0.600. The summed E-state index contributed by atoms with van der Waals surface area (Å²) in [6.45, 7) is 15.5. The van der Waals surface area contributed by atoms with Crippen molar-refractivity contribution < 1.29 is 18.8 Å². The number of amides is 1. The fourth-order valence-corrected chi connectivity index (χ4v) is 2.62. The number of nitrogen functional groups attached to an aromatic ring is 1. The molecule has 1 aliphatic rings. The van der Waals surface area contributed by atoms with Gasteiger partial charge in [0, 0.05) is 6.54 Å². The molecule has 0 saturated carbocycles. The summed E-state index contributed by atoms with van der Waals surface area (Å²) >= 11 is 0. The van der Waals surface area contributed by atoms with Crippen LogP contribution in [-0.4, -0.2) is 41.5 Å². The van der Waals surface area contributed by atoms with Gasteiger partial charge in [0.1, 0.15) is 5.60 Å². The second-order valence-electron chi connectivity index (χ2n) is 9.13. The van der Waals surface area contributed by atoms with E-state index in [0.29, 0.717) is 5.69 Å². The van der Waals surface area contributed by atoms with E-state index in [-0.39, 0.29) is 6.54 Å². The van der Waals surface area contributed by atoms with Crippen LogP contribution in [-0.2, 0) is 14.0 Å². The SMILES string of the molecule is Cc1cc(N)cnc1C=C(CNC(=O)OC(C)(C)C)B1OC(C)(C)C(C)(C)O1. The van der Waals surface area contributed by atoms with Crippen LogP contribution in [0.5, 0.6) is 0 Å². The quantitative estimate of drug-likeness (QED) is 0.765. The number of hydrogen-bond donors (Lipinski definition) is 2. The Kier molecular flexibility index (Phi) is 6.16. The third-order valence-electron chi connectivity index (χ3n) is 4.85. The van der Waals surface area contributed by atoms with E-state index in [9.17, 15) is 4.79 Å². The van der Waals surface area contributed by atoms with Gasteiger partial charge in [-0.1, -0.05) is 0 Å². The number of alkyl carbamates (subject to hydrolysis) is 1. The number of anilines is 1. The zero-order valence-corrected chi connectivity index (χ0v) is 18.2. The highest BCUT2D eigenvalue weighted by Crippen LogP contribution is 2.38. The molecule has 0 aliphatic carbocycles. The summed E-state index contributed by atoms with van der Waals surface area (Å²) in [5, 5.41) is 2.78. The molecule has 0 spiro atoms. The van der Waals surface area contributed by atoms with E-state index in [2.05, 4.69) is 10.3 Å². The van der Waals surface area contributed by atoms with Crippen molar-refractivity contribution in [2.24, 2.45) is 0 Å². The van der Waals surface area contributed by atoms with E-state index < -0.39 is 30.0 Å². The molecule has 8 heteroatoms. The number of pyridine rings is 1. The van der Waals surface area contributed by atoms with Crippen LogP contribution in [0.25, 0.3) is 6.08 Å². The Bertz CT molecular complexity index is 753. The van der Waals surface area contributed by atoms with Crippen LogP contribution in [0.2, 0.25) is 0 Å². The van der Waals surface area contributed by atoms with E-state index in [4.69, 9.17) is 19.8 Å². The van der Waals surface area contributed by atoms with E-state index >= 15 is 0 Å². The van der Waals surface area contributed by atoms with Crippen molar-refractivity contribution in [2.75, 3.05) is 12.3 Å². The minimum absolute atomic E-state index is 0.206. The highest BCUT2D eigenvalue weighted by Gasteiger charge is 2.52. The Balaban J connectivity index is 2.28. The van der Waals surface area contributed by atoms with Crippen LogP contribution in [0.3, 0.4) is 0 Å². The predicted octanol–water partition coefficient (Wildman–Crippen LogP) is 3.51. The lowest BCUT2D eigenvalue weighted by Crippen LogP contribution is -2.41. The Morgan fingerprint density at radius 3 is 2.36 bits per heavy atom. The van der Waals surface area contributed by atoms with Gasteiger partial charge in [-0.2, -0.15) is 0 Å². The molecule has 1 fully saturated rings. The maximum absolute atomic E-state index is 12.1. The lowest BCUT2D eigenvalue weighted by molar-refractivity contribution is 0.00578. The van der Waals surface area contributed by atoms with Crippen molar-refractivity contribution in [1.82, 2.24) is 10.3 Å². The molecule has 1 amide bonds. The number of ether oxygens (including phenoxy) is 1. The Labute approximate surface area is 168 Å². The molecule has 2 heterocycles. The molecule has 28 heavy (non-hydrogen) atoms. The number of nitrogens with one attached hydrogen (secondary N) is 1. The van der Waals surface area contributed by atoms with E-state index in [1.54, 1.807) is 6.20 Å². The van der Waals surface area contributed by atoms with Crippen LogP contribution >= 0.6 is 0 Å². The number of nitrogens with zero attached hydrogens (tertiary/aromatic N) is 1. The molecule has 154 valence electrons. The van der Waals surface area contributed by atoms with Gasteiger partial charge in [0.2, 0.25) is 0 Å². The number of aromatic nitrogens is 1. The van der Waals surface area contributed by atoms with Gasteiger partial charge >= 0.3 is 13.2 Å². The zero-order chi connectivity index (χ0) is 21.3. The molecule has 0 bridgehead atoms. The highest BCUT2D eigenvalue weighted by atomic mass is 16.7. The molecule has 1 saturated heterocycles. The molecular weight excluding hydrogens is 357 g/mol. The number of nitrogens with two attached hydrogens (primary N) is 1. The Morgan fingerprint density at radius 2 is 1.86 bits per heavy atom. The normalized spacial score (nSPS) is 18.9. The minimum Gasteiger partial charge on any atom is -0.444 e. The van der Waals surface area contributed by atoms with Crippen LogP contribution in [0.1, 0.15) is 59.7 Å². The minimum atomic E-state index is -0.612. The lowest BCUT2D eigenvalue weighted by atomic mass is 9.77. The van der Waals surface area contributed by atoms with Gasteiger partial charge in [-0.3, -0.25) is 4.98 Å². The van der Waals surface area contributed by atoms with E-state index in [0.717, 1.165) is 16.7 Å². The second kappa shape index (κ2) is 7.76. The first kappa shape index (κ1) is 22.2. The maximum Gasteiger partial charge on any atom is 0.492 e. The van der Waals surface area contributed by atoms with Gasteiger partial charge in [-0.15, -0.1) is 0 Å². The first-order chi connectivity index (χ1) is 12.7. The molecule has 7 nitrogen and oxygen atoms in total. The number of rotatable bonds is 4. The molecule has 1 aromatic heterocycles.